The first-order chi connectivity index (χ1) is 23.9. The highest BCUT2D eigenvalue weighted by Gasteiger charge is 2.41. The summed E-state index contributed by atoms with van der Waals surface area (Å²) in [6.45, 7) is 5.07. The number of fused-ring (bicyclic) bond motifs is 1. The second-order valence-corrected chi connectivity index (χ2v) is 13.2. The van der Waals surface area contributed by atoms with E-state index in [9.17, 15) is 28.2 Å². The van der Waals surface area contributed by atoms with Gasteiger partial charge >= 0.3 is 6.18 Å². The smallest absolute Gasteiger partial charge is 0.382 e. The van der Waals surface area contributed by atoms with Gasteiger partial charge in [-0.3, -0.25) is 9.36 Å². The van der Waals surface area contributed by atoms with Crippen molar-refractivity contribution in [1.29, 1.82) is 0 Å². The molecule has 6 rings (SSSR count). The number of nitrogens with one attached hydrogen (secondary N) is 1. The van der Waals surface area contributed by atoms with Crippen molar-refractivity contribution in [2.75, 3.05) is 6.61 Å². The van der Waals surface area contributed by atoms with Crippen LogP contribution in [-0.2, 0) is 22.4 Å². The highest BCUT2D eigenvalue weighted by Crippen LogP contribution is 2.33. The van der Waals surface area contributed by atoms with Crippen molar-refractivity contribution in [3.63, 3.8) is 0 Å². The highest BCUT2D eigenvalue weighted by atomic mass is 19.4. The highest BCUT2D eigenvalue weighted by molar-refractivity contribution is 6.04. The Morgan fingerprint density at radius 3 is 2.44 bits per heavy atom. The molecule has 2 aliphatic rings. The summed E-state index contributed by atoms with van der Waals surface area (Å²) in [5.74, 6) is -0.979. The van der Waals surface area contributed by atoms with Gasteiger partial charge in [-0.25, -0.2) is 19.8 Å². The lowest BCUT2D eigenvalue weighted by molar-refractivity contribution is -0.234. The van der Waals surface area contributed by atoms with Crippen LogP contribution in [-0.4, -0.2) is 66.1 Å². The van der Waals surface area contributed by atoms with E-state index in [1.807, 2.05) is 69.3 Å². The van der Waals surface area contributed by atoms with Crippen LogP contribution >= 0.6 is 0 Å². The summed E-state index contributed by atoms with van der Waals surface area (Å²) in [5, 5.41) is 24.7. The Hall–Kier alpha value is -4.11. The number of halogens is 3. The summed E-state index contributed by atoms with van der Waals surface area (Å²) in [5.41, 5.74) is 7.61. The molecule has 0 amide bonds. The Kier molecular flexibility index (Phi) is 10.4. The summed E-state index contributed by atoms with van der Waals surface area (Å²) in [6, 6.07) is 15.5. The number of hydroxylamine groups is 1. The molecule has 1 saturated carbocycles. The van der Waals surface area contributed by atoms with E-state index < -0.39 is 30.9 Å². The third-order valence-electron chi connectivity index (χ3n) is 9.84. The van der Waals surface area contributed by atoms with Gasteiger partial charge in [-0.15, -0.1) is 0 Å². The van der Waals surface area contributed by atoms with E-state index in [2.05, 4.69) is 20.6 Å². The van der Waals surface area contributed by atoms with Crippen LogP contribution in [0.15, 0.2) is 64.6 Å². The molecule has 14 heteroatoms. The quantitative estimate of drug-likeness (QED) is 0.177. The summed E-state index contributed by atoms with van der Waals surface area (Å²) in [6.07, 6.45) is -1.88. The fourth-order valence-electron chi connectivity index (χ4n) is 6.74. The van der Waals surface area contributed by atoms with Gasteiger partial charge in [0.25, 0.3) is 11.5 Å². The molecule has 3 atom stereocenters. The summed E-state index contributed by atoms with van der Waals surface area (Å²) < 4.78 is 47.1. The first-order valence-electron chi connectivity index (χ1n) is 17.2. The van der Waals surface area contributed by atoms with Gasteiger partial charge < -0.3 is 14.9 Å². The maximum absolute atomic E-state index is 14.3. The SMILES string of the molecule is CCCc1c(Cc2ccc(-c3ccccc3C3=NC(O)(C(C)CC)ON3)cc2)c(=O)n(C2CCC(OCC(O)C(F)(F)F)CC2)c2ncnn12. The Balaban J connectivity index is 1.26. The van der Waals surface area contributed by atoms with Gasteiger partial charge in [-0.2, -0.15) is 23.3 Å². The zero-order valence-corrected chi connectivity index (χ0v) is 28.4. The van der Waals surface area contributed by atoms with Crippen LogP contribution < -0.4 is 11.0 Å². The van der Waals surface area contributed by atoms with E-state index in [1.165, 1.54) is 6.33 Å². The van der Waals surface area contributed by atoms with Crippen LogP contribution in [0.25, 0.3) is 16.9 Å². The molecule has 3 heterocycles. The van der Waals surface area contributed by atoms with Crippen LogP contribution in [0.2, 0.25) is 0 Å². The molecule has 1 fully saturated rings. The molecule has 3 N–H and O–H groups in total. The maximum atomic E-state index is 14.3. The fraction of sp³-hybridized carbons (Fsp3) is 0.500. The Labute approximate surface area is 287 Å². The van der Waals surface area contributed by atoms with Crippen LogP contribution in [0.1, 0.15) is 87.7 Å². The van der Waals surface area contributed by atoms with Crippen molar-refractivity contribution < 1.29 is 33.0 Å². The van der Waals surface area contributed by atoms with Crippen molar-refractivity contribution >= 4 is 11.6 Å². The average Bonchev–Trinajstić information content (AvgIpc) is 3.76. The number of aliphatic hydroxyl groups excluding tert-OH is 1. The molecule has 0 spiro atoms. The van der Waals surface area contributed by atoms with Gasteiger partial charge in [-0.1, -0.05) is 75.7 Å². The first-order valence-corrected chi connectivity index (χ1v) is 17.2. The van der Waals surface area contributed by atoms with Gasteiger partial charge in [0, 0.05) is 29.5 Å². The van der Waals surface area contributed by atoms with Gasteiger partial charge in [0.1, 0.15) is 6.33 Å². The molecule has 11 nitrogen and oxygen atoms in total. The molecular formula is C36H43F3N6O5. The predicted octanol–water partition coefficient (Wildman–Crippen LogP) is 5.50. The van der Waals surface area contributed by atoms with E-state index in [0.717, 1.165) is 34.4 Å². The number of hydrogen-bond donors (Lipinski definition) is 3. The number of aromatic nitrogens is 4. The number of ether oxygens (including phenoxy) is 1. The Morgan fingerprint density at radius 2 is 1.78 bits per heavy atom. The monoisotopic (exact) mass is 696 g/mol. The number of nitrogens with zero attached hydrogens (tertiary/aromatic N) is 5. The lowest BCUT2D eigenvalue weighted by Crippen LogP contribution is -2.37. The Morgan fingerprint density at radius 1 is 1.08 bits per heavy atom. The molecular weight excluding hydrogens is 653 g/mol. The number of alkyl halides is 3. The van der Waals surface area contributed by atoms with E-state index in [4.69, 9.17) is 9.57 Å². The van der Waals surface area contributed by atoms with Gasteiger partial charge in [0.15, 0.2) is 11.9 Å². The molecule has 50 heavy (non-hydrogen) atoms. The molecule has 2 aromatic heterocycles. The predicted molar refractivity (Wildman–Crippen MR) is 180 cm³/mol. The standard InChI is InChI=1S/C36H43F3N6O5/c1-4-8-30-29(33(47)44(34-40-21-41-45(30)34)25-15-17-26(18-16-25)49-20-31(46)35(37,38)39)19-23-11-13-24(14-12-23)27-9-6-7-10-28(27)32-42-36(48,50-43-32)22(3)5-2/h6-7,9-14,21-22,25-26,31,46,48H,4-5,8,15-20H2,1-3H3,(H,42,43). The number of rotatable bonds is 12. The number of benzene rings is 2. The Bertz CT molecular complexity index is 1880. The van der Waals surface area contributed by atoms with Gasteiger partial charge in [0.2, 0.25) is 5.78 Å². The lowest BCUT2D eigenvalue weighted by atomic mass is 9.92. The minimum Gasteiger partial charge on any atom is -0.382 e. The number of amidine groups is 1. The van der Waals surface area contributed by atoms with E-state index in [-0.39, 0.29) is 17.5 Å². The van der Waals surface area contributed by atoms with E-state index in [0.29, 0.717) is 62.1 Å². The molecule has 0 saturated heterocycles. The largest absolute Gasteiger partial charge is 0.416 e. The van der Waals surface area contributed by atoms with E-state index >= 15 is 0 Å². The third-order valence-corrected chi connectivity index (χ3v) is 9.84. The molecule has 4 aromatic rings. The van der Waals surface area contributed by atoms with Crippen molar-refractivity contribution in [2.45, 2.75) is 102 Å². The van der Waals surface area contributed by atoms with Crippen molar-refractivity contribution in [3.05, 3.63) is 87.6 Å². The number of aliphatic imine (C=N–C) groups is 1. The van der Waals surface area contributed by atoms with Gasteiger partial charge in [0.05, 0.1) is 18.4 Å². The first kappa shape index (κ1) is 35.7. The molecule has 1 aliphatic heterocycles. The average molecular weight is 697 g/mol. The summed E-state index contributed by atoms with van der Waals surface area (Å²) in [7, 11) is 0. The zero-order valence-electron chi connectivity index (χ0n) is 28.4. The molecule has 1 aliphatic carbocycles. The fourth-order valence-corrected chi connectivity index (χ4v) is 6.74. The number of aliphatic hydroxyl groups is 2. The number of aryl methyl sites for hydroxylation is 1. The maximum Gasteiger partial charge on any atom is 0.416 e. The van der Waals surface area contributed by atoms with Crippen LogP contribution in [0.4, 0.5) is 13.2 Å². The van der Waals surface area contributed by atoms with E-state index in [1.54, 1.807) is 9.08 Å². The zero-order chi connectivity index (χ0) is 35.6. The van der Waals surface area contributed by atoms with Crippen molar-refractivity contribution in [2.24, 2.45) is 10.9 Å². The second kappa shape index (κ2) is 14.6. The van der Waals surface area contributed by atoms with Crippen LogP contribution in [0.3, 0.4) is 0 Å². The molecule has 0 bridgehead atoms. The van der Waals surface area contributed by atoms with Crippen molar-refractivity contribution in [3.8, 4) is 11.1 Å². The lowest BCUT2D eigenvalue weighted by Gasteiger charge is -2.31. The minimum absolute atomic E-state index is 0.153. The van der Waals surface area contributed by atoms with Crippen LogP contribution in [0, 0.1) is 5.92 Å². The summed E-state index contributed by atoms with van der Waals surface area (Å²) >= 11 is 0. The molecule has 0 radical (unpaired) electrons. The van der Waals surface area contributed by atoms with Crippen molar-refractivity contribution in [1.82, 2.24) is 24.6 Å². The third kappa shape index (κ3) is 7.20. The minimum atomic E-state index is -4.73. The topological polar surface area (TPSA) is 136 Å². The number of hydrogen-bond acceptors (Lipinski definition) is 9. The molecule has 3 unspecified atom stereocenters. The second-order valence-electron chi connectivity index (χ2n) is 13.2. The molecule has 2 aromatic carbocycles. The molecule has 268 valence electrons. The van der Waals surface area contributed by atoms with Gasteiger partial charge in [-0.05, 0) is 55.2 Å². The van der Waals surface area contributed by atoms with Crippen LogP contribution in [0.5, 0.6) is 0 Å². The normalized spacial score (nSPS) is 22.4. The summed E-state index contributed by atoms with van der Waals surface area (Å²) in [4.78, 5) is 28.8.